The number of halogens is 2. The van der Waals surface area contributed by atoms with Crippen LogP contribution < -0.4 is 5.43 Å². The summed E-state index contributed by atoms with van der Waals surface area (Å²) in [6.07, 6.45) is 4.06. The van der Waals surface area contributed by atoms with Crippen molar-refractivity contribution in [2.75, 3.05) is 0 Å². The van der Waals surface area contributed by atoms with Crippen LogP contribution >= 0.6 is 45.2 Å². The van der Waals surface area contributed by atoms with Gasteiger partial charge in [0.25, 0.3) is 0 Å². The Morgan fingerprint density at radius 3 is 2.19 bits per heavy atom. The van der Waals surface area contributed by atoms with Crippen molar-refractivity contribution in [1.82, 2.24) is 9.99 Å². The van der Waals surface area contributed by atoms with Gasteiger partial charge in [0.15, 0.2) is 0 Å². The minimum Gasteiger partial charge on any atom is -0.340 e. The summed E-state index contributed by atoms with van der Waals surface area (Å²) in [6, 6.07) is 22.9. The Balaban J connectivity index is 1.46. The van der Waals surface area contributed by atoms with Gasteiger partial charge in [-0.15, -0.1) is 0 Å². The summed E-state index contributed by atoms with van der Waals surface area (Å²) in [6.45, 7) is 2.56. The van der Waals surface area contributed by atoms with Gasteiger partial charge in [-0.3, -0.25) is 4.79 Å². The van der Waals surface area contributed by atoms with Crippen molar-refractivity contribution in [3.63, 3.8) is 0 Å². The molecule has 0 fully saturated rings. The number of nitrogens with zero attached hydrogens (tertiary/aromatic N) is 2. The summed E-state index contributed by atoms with van der Waals surface area (Å²) in [4.78, 5) is 12.4. The second-order valence-corrected chi connectivity index (χ2v) is 9.81. The molecule has 0 bridgehead atoms. The van der Waals surface area contributed by atoms with Crippen LogP contribution in [0.5, 0.6) is 0 Å². The van der Waals surface area contributed by atoms with Gasteiger partial charge < -0.3 is 4.57 Å². The molecule has 1 aromatic heterocycles. The number of nitrogens with one attached hydrogen (secondary N) is 1. The SMILES string of the molecule is CC(C=NNC(=O)CCn1c2ccc(I)cc2c2cc(I)ccc21)=Cc1ccccc1. The Kier molecular flexibility index (Phi) is 7.06. The lowest BCUT2D eigenvalue weighted by molar-refractivity contribution is -0.121. The minimum atomic E-state index is -0.102. The molecule has 0 atom stereocenters. The molecule has 1 amide bonds. The Bertz CT molecular complexity index is 1250. The number of carbonyl (C=O) groups excluding carboxylic acids is 1. The van der Waals surface area contributed by atoms with Gasteiger partial charge in [0.05, 0.1) is 6.21 Å². The molecule has 0 radical (unpaired) electrons. The van der Waals surface area contributed by atoms with Crippen LogP contribution in [-0.4, -0.2) is 16.7 Å². The molecule has 0 unspecified atom stereocenters. The van der Waals surface area contributed by atoms with Crippen molar-refractivity contribution in [3.8, 4) is 0 Å². The average molecular weight is 633 g/mol. The Hall–Kier alpha value is -2.20. The summed E-state index contributed by atoms with van der Waals surface area (Å²) >= 11 is 4.68. The molecule has 0 saturated heterocycles. The molecule has 4 rings (SSSR count). The number of hydrogen-bond acceptors (Lipinski definition) is 2. The maximum absolute atomic E-state index is 12.4. The Labute approximate surface area is 208 Å². The topological polar surface area (TPSA) is 46.4 Å². The predicted octanol–water partition coefficient (Wildman–Crippen LogP) is 6.60. The zero-order chi connectivity index (χ0) is 21.8. The van der Waals surface area contributed by atoms with Gasteiger partial charge in [-0.1, -0.05) is 36.4 Å². The largest absolute Gasteiger partial charge is 0.340 e. The minimum absolute atomic E-state index is 0.102. The standard InChI is InChI=1S/C25H21I2N3O/c1-17(13-18-5-3-2-4-6-18)16-28-29-25(31)11-12-30-23-9-7-19(26)14-21(23)22-15-20(27)8-10-24(22)30/h2-10,13-16H,11-12H2,1H3,(H,29,31). The molecule has 4 nitrogen and oxygen atoms in total. The van der Waals surface area contributed by atoms with Crippen molar-refractivity contribution in [2.24, 2.45) is 5.10 Å². The molecule has 6 heteroatoms. The van der Waals surface area contributed by atoms with E-state index in [2.05, 4.69) is 96.7 Å². The van der Waals surface area contributed by atoms with Crippen LogP contribution in [0.2, 0.25) is 0 Å². The van der Waals surface area contributed by atoms with Crippen LogP contribution in [0.4, 0.5) is 0 Å². The number of fused-ring (bicyclic) bond motifs is 3. The van der Waals surface area contributed by atoms with Gasteiger partial charge >= 0.3 is 0 Å². The van der Waals surface area contributed by atoms with Crippen molar-refractivity contribution in [1.29, 1.82) is 0 Å². The molecule has 0 saturated carbocycles. The summed E-state index contributed by atoms with van der Waals surface area (Å²) in [7, 11) is 0. The third-order valence-electron chi connectivity index (χ3n) is 5.00. The quantitative estimate of drug-likeness (QED) is 0.145. The van der Waals surface area contributed by atoms with Gasteiger partial charge in [-0.05, 0) is 99.6 Å². The zero-order valence-corrected chi connectivity index (χ0v) is 21.3. The van der Waals surface area contributed by atoms with E-state index in [4.69, 9.17) is 0 Å². The summed E-state index contributed by atoms with van der Waals surface area (Å²) in [5, 5.41) is 6.56. The van der Waals surface area contributed by atoms with Gasteiger partial charge in [0.2, 0.25) is 5.91 Å². The lowest BCUT2D eigenvalue weighted by Crippen LogP contribution is -2.19. The van der Waals surface area contributed by atoms with Crippen LogP contribution in [0.1, 0.15) is 18.9 Å². The molecule has 0 aliphatic carbocycles. The third kappa shape index (κ3) is 5.35. The summed E-state index contributed by atoms with van der Waals surface area (Å²) in [5.74, 6) is -0.102. The van der Waals surface area contributed by atoms with Crippen LogP contribution in [-0.2, 0) is 11.3 Å². The first-order chi connectivity index (χ1) is 15.0. The Morgan fingerprint density at radius 2 is 1.58 bits per heavy atom. The third-order valence-corrected chi connectivity index (χ3v) is 6.34. The highest BCUT2D eigenvalue weighted by atomic mass is 127. The van der Waals surface area contributed by atoms with E-state index in [-0.39, 0.29) is 5.91 Å². The van der Waals surface area contributed by atoms with E-state index >= 15 is 0 Å². The maximum Gasteiger partial charge on any atom is 0.241 e. The average Bonchev–Trinajstić information content (AvgIpc) is 3.05. The number of rotatable bonds is 6. The molecule has 4 aromatic rings. The monoisotopic (exact) mass is 633 g/mol. The first kappa shape index (κ1) is 22.0. The smallest absolute Gasteiger partial charge is 0.241 e. The molecule has 0 spiro atoms. The number of amides is 1. The fourth-order valence-electron chi connectivity index (χ4n) is 3.61. The van der Waals surface area contributed by atoms with Gasteiger partial charge in [-0.25, -0.2) is 5.43 Å². The summed E-state index contributed by atoms with van der Waals surface area (Å²) < 4.78 is 4.63. The zero-order valence-electron chi connectivity index (χ0n) is 17.0. The van der Waals surface area contributed by atoms with Crippen molar-refractivity contribution < 1.29 is 4.79 Å². The number of hydrazone groups is 1. The highest BCUT2D eigenvalue weighted by Crippen LogP contribution is 2.31. The molecule has 1 N–H and O–H groups in total. The lowest BCUT2D eigenvalue weighted by atomic mass is 10.1. The van der Waals surface area contributed by atoms with Crippen LogP contribution in [0.15, 0.2) is 77.4 Å². The maximum atomic E-state index is 12.4. The summed E-state index contributed by atoms with van der Waals surface area (Å²) in [5.41, 5.74) is 7.02. The number of benzene rings is 3. The molecule has 0 aliphatic rings. The molecule has 31 heavy (non-hydrogen) atoms. The van der Waals surface area contributed by atoms with Crippen LogP contribution in [0, 0.1) is 7.14 Å². The second kappa shape index (κ2) is 9.95. The normalized spacial score (nSPS) is 12.2. The fraction of sp³-hybridized carbons (Fsp3) is 0.120. The van der Waals surface area contributed by atoms with E-state index < -0.39 is 0 Å². The van der Waals surface area contributed by atoms with Gasteiger partial charge in [-0.2, -0.15) is 5.10 Å². The molecular weight excluding hydrogens is 612 g/mol. The van der Waals surface area contributed by atoms with Crippen molar-refractivity contribution in [2.45, 2.75) is 19.9 Å². The molecule has 3 aromatic carbocycles. The number of carbonyl (C=O) groups is 1. The number of aryl methyl sites for hydroxylation is 1. The molecule has 0 aliphatic heterocycles. The number of aromatic nitrogens is 1. The van der Waals surface area contributed by atoms with E-state index in [1.807, 2.05) is 43.3 Å². The predicted molar refractivity (Wildman–Crippen MR) is 146 cm³/mol. The molecular formula is C25H21I2N3O. The van der Waals surface area contributed by atoms with Crippen molar-refractivity contribution in [3.05, 3.63) is 85.0 Å². The first-order valence-electron chi connectivity index (χ1n) is 9.93. The van der Waals surface area contributed by atoms with E-state index in [1.54, 1.807) is 6.21 Å². The fourth-order valence-corrected chi connectivity index (χ4v) is 4.60. The van der Waals surface area contributed by atoms with E-state index in [0.29, 0.717) is 13.0 Å². The number of hydrogen-bond donors (Lipinski definition) is 1. The van der Waals surface area contributed by atoms with Crippen molar-refractivity contribution >= 4 is 85.2 Å². The second-order valence-electron chi connectivity index (χ2n) is 7.32. The van der Waals surface area contributed by atoms with Gasteiger partial charge in [0.1, 0.15) is 0 Å². The van der Waals surface area contributed by atoms with E-state index in [1.165, 1.54) is 17.9 Å². The van der Waals surface area contributed by atoms with E-state index in [0.717, 1.165) is 22.2 Å². The number of allylic oxidation sites excluding steroid dienone is 1. The highest BCUT2D eigenvalue weighted by molar-refractivity contribution is 14.1. The van der Waals surface area contributed by atoms with Gasteiger partial charge in [0, 0.05) is 41.9 Å². The lowest BCUT2D eigenvalue weighted by Gasteiger charge is -2.07. The van der Waals surface area contributed by atoms with E-state index in [9.17, 15) is 4.79 Å². The molecule has 1 heterocycles. The Morgan fingerprint density at radius 1 is 0.968 bits per heavy atom. The highest BCUT2D eigenvalue weighted by Gasteiger charge is 2.12. The van der Waals surface area contributed by atoms with Crippen LogP contribution in [0.25, 0.3) is 27.9 Å². The van der Waals surface area contributed by atoms with Crippen LogP contribution in [0.3, 0.4) is 0 Å². The molecule has 156 valence electrons. The first-order valence-corrected chi connectivity index (χ1v) is 12.1.